The molecule has 0 amide bonds. The molecule has 1 N–H and O–H groups in total. The van der Waals surface area contributed by atoms with Gasteiger partial charge in [0, 0.05) is 5.92 Å². The van der Waals surface area contributed by atoms with E-state index in [9.17, 15) is 0 Å². The monoisotopic (exact) mass is 316 g/mol. The molecule has 24 heavy (non-hydrogen) atoms. The molecule has 1 heterocycles. The van der Waals surface area contributed by atoms with E-state index < -0.39 is 0 Å². The van der Waals surface area contributed by atoms with Gasteiger partial charge in [-0.3, -0.25) is 0 Å². The zero-order valence-corrected chi connectivity index (χ0v) is 14.4. The quantitative estimate of drug-likeness (QED) is 0.810. The van der Waals surface area contributed by atoms with Crippen LogP contribution in [0.4, 0.5) is 0 Å². The molecule has 2 atom stereocenters. The van der Waals surface area contributed by atoms with E-state index in [1.165, 1.54) is 46.4 Å². The maximum absolute atomic E-state index is 4.73. The molecule has 4 rings (SSSR count). The summed E-state index contributed by atoms with van der Waals surface area (Å²) in [5, 5.41) is 4.73. The number of hydrazone groups is 1. The van der Waals surface area contributed by atoms with Crippen molar-refractivity contribution in [2.45, 2.75) is 39.2 Å². The zero-order chi connectivity index (χ0) is 16.5. The number of allylic oxidation sites excluding steroid dienone is 1. The van der Waals surface area contributed by atoms with Crippen molar-refractivity contribution in [3.05, 3.63) is 76.4 Å². The maximum atomic E-state index is 4.73. The highest BCUT2D eigenvalue weighted by Gasteiger charge is 2.36. The van der Waals surface area contributed by atoms with Crippen LogP contribution in [0.5, 0.6) is 0 Å². The van der Waals surface area contributed by atoms with Crippen LogP contribution < -0.4 is 5.43 Å². The Morgan fingerprint density at radius 3 is 2.33 bits per heavy atom. The third-order valence-electron chi connectivity index (χ3n) is 5.22. The Morgan fingerprint density at radius 2 is 1.62 bits per heavy atom. The minimum atomic E-state index is 0.322. The molecule has 2 aromatic carbocycles. The van der Waals surface area contributed by atoms with Crippen molar-refractivity contribution < 1.29 is 0 Å². The summed E-state index contributed by atoms with van der Waals surface area (Å²) in [6.45, 7) is 4.27. The summed E-state index contributed by atoms with van der Waals surface area (Å²) < 4.78 is 0. The molecule has 2 heteroatoms. The van der Waals surface area contributed by atoms with Crippen LogP contribution in [0.3, 0.4) is 0 Å². The van der Waals surface area contributed by atoms with Gasteiger partial charge in [-0.1, -0.05) is 59.7 Å². The minimum absolute atomic E-state index is 0.322. The van der Waals surface area contributed by atoms with Crippen molar-refractivity contribution in [3.63, 3.8) is 0 Å². The third-order valence-corrected chi connectivity index (χ3v) is 5.22. The van der Waals surface area contributed by atoms with E-state index in [0.29, 0.717) is 12.0 Å². The van der Waals surface area contributed by atoms with Crippen molar-refractivity contribution in [3.8, 4) is 0 Å². The molecular weight excluding hydrogens is 292 g/mol. The Kier molecular flexibility index (Phi) is 3.97. The fraction of sp³-hybridized carbons (Fsp3) is 0.318. The van der Waals surface area contributed by atoms with Crippen LogP contribution in [-0.4, -0.2) is 5.71 Å². The van der Waals surface area contributed by atoms with E-state index >= 15 is 0 Å². The molecule has 0 spiro atoms. The van der Waals surface area contributed by atoms with Gasteiger partial charge in [0.15, 0.2) is 0 Å². The molecule has 2 aliphatic rings. The van der Waals surface area contributed by atoms with Crippen LogP contribution in [0.1, 0.15) is 47.6 Å². The topological polar surface area (TPSA) is 24.4 Å². The second kappa shape index (κ2) is 6.27. The lowest BCUT2D eigenvalue weighted by molar-refractivity contribution is 0.451. The highest BCUT2D eigenvalue weighted by molar-refractivity contribution is 6.07. The van der Waals surface area contributed by atoms with Crippen LogP contribution in [0.15, 0.2) is 59.2 Å². The van der Waals surface area contributed by atoms with Gasteiger partial charge in [-0.05, 0) is 55.9 Å². The maximum Gasteiger partial charge on any atom is 0.0773 e. The Labute approximate surface area is 144 Å². The van der Waals surface area contributed by atoms with Crippen molar-refractivity contribution in [2.75, 3.05) is 0 Å². The molecule has 0 aromatic heterocycles. The molecule has 1 fully saturated rings. The predicted molar refractivity (Wildman–Crippen MR) is 101 cm³/mol. The van der Waals surface area contributed by atoms with E-state index in [-0.39, 0.29) is 0 Å². The van der Waals surface area contributed by atoms with Crippen LogP contribution in [0.2, 0.25) is 0 Å². The molecule has 1 saturated carbocycles. The van der Waals surface area contributed by atoms with Gasteiger partial charge in [0.1, 0.15) is 0 Å². The lowest BCUT2D eigenvalue weighted by atomic mass is 9.78. The number of rotatable bonds is 2. The van der Waals surface area contributed by atoms with Crippen LogP contribution in [0, 0.1) is 19.8 Å². The van der Waals surface area contributed by atoms with Gasteiger partial charge in [0.25, 0.3) is 0 Å². The van der Waals surface area contributed by atoms with Crippen LogP contribution in [0.25, 0.3) is 6.08 Å². The predicted octanol–water partition coefficient (Wildman–Crippen LogP) is 5.19. The fourth-order valence-corrected chi connectivity index (χ4v) is 3.81. The van der Waals surface area contributed by atoms with Crippen molar-refractivity contribution >= 4 is 11.8 Å². The van der Waals surface area contributed by atoms with Crippen molar-refractivity contribution in [1.82, 2.24) is 5.43 Å². The number of nitrogens with one attached hydrogen (secondary N) is 1. The minimum Gasteiger partial charge on any atom is -0.302 e. The Bertz CT molecular complexity index is 782. The Morgan fingerprint density at radius 1 is 0.958 bits per heavy atom. The van der Waals surface area contributed by atoms with Gasteiger partial charge < -0.3 is 5.43 Å². The lowest BCUT2D eigenvalue weighted by Gasteiger charge is -2.26. The first-order valence-corrected chi connectivity index (χ1v) is 8.88. The smallest absolute Gasteiger partial charge is 0.0773 e. The van der Waals surface area contributed by atoms with E-state index in [0.717, 1.165) is 6.42 Å². The van der Waals surface area contributed by atoms with Gasteiger partial charge in [-0.25, -0.2) is 0 Å². The summed E-state index contributed by atoms with van der Waals surface area (Å²) in [6, 6.07) is 17.9. The third kappa shape index (κ3) is 2.89. The number of benzene rings is 2. The lowest BCUT2D eigenvalue weighted by Crippen LogP contribution is -2.25. The molecule has 0 radical (unpaired) electrons. The number of aryl methyl sites for hydroxylation is 2. The summed E-state index contributed by atoms with van der Waals surface area (Å²) in [7, 11) is 0. The van der Waals surface area contributed by atoms with Crippen LogP contribution >= 0.6 is 0 Å². The zero-order valence-electron chi connectivity index (χ0n) is 14.4. The molecule has 1 aliphatic carbocycles. The molecule has 2 aromatic rings. The summed E-state index contributed by atoms with van der Waals surface area (Å²) in [6.07, 6.45) is 5.91. The molecule has 2 unspecified atom stereocenters. The van der Waals surface area contributed by atoms with E-state index in [1.807, 2.05) is 0 Å². The number of hydrogen-bond acceptors (Lipinski definition) is 2. The summed E-state index contributed by atoms with van der Waals surface area (Å²) >= 11 is 0. The van der Waals surface area contributed by atoms with Crippen molar-refractivity contribution in [2.24, 2.45) is 11.0 Å². The second-order valence-electron chi connectivity index (χ2n) is 7.09. The van der Waals surface area contributed by atoms with Gasteiger partial charge >= 0.3 is 0 Å². The van der Waals surface area contributed by atoms with Gasteiger partial charge in [0.2, 0.25) is 0 Å². The molecule has 0 bridgehead atoms. The van der Waals surface area contributed by atoms with Gasteiger partial charge in [0.05, 0.1) is 11.8 Å². The van der Waals surface area contributed by atoms with E-state index in [1.54, 1.807) is 0 Å². The van der Waals surface area contributed by atoms with E-state index in [2.05, 4.69) is 73.9 Å². The first-order valence-electron chi connectivity index (χ1n) is 8.88. The SMILES string of the molecule is Cc1ccc(/C=C2\CCCC3C2=NNC3c2ccc(C)cc2)cc1. The first-order chi connectivity index (χ1) is 11.7. The standard InChI is InChI=1S/C22H24N2/c1-15-6-10-17(11-7-15)14-19-4-3-5-20-21(23-24-22(19)20)18-12-8-16(2)9-13-18/h6-14,20-21,23H,3-5H2,1-2H3/b19-14+. The average Bonchev–Trinajstić information content (AvgIpc) is 3.03. The molecule has 122 valence electrons. The summed E-state index contributed by atoms with van der Waals surface area (Å²) in [4.78, 5) is 0. The first kappa shape index (κ1) is 15.2. The summed E-state index contributed by atoms with van der Waals surface area (Å²) in [5.41, 5.74) is 11.3. The highest BCUT2D eigenvalue weighted by atomic mass is 15.3. The largest absolute Gasteiger partial charge is 0.302 e. The molecule has 0 saturated heterocycles. The fourth-order valence-electron chi connectivity index (χ4n) is 3.81. The number of nitrogens with zero attached hydrogens (tertiary/aromatic N) is 1. The average molecular weight is 316 g/mol. The molecule has 1 aliphatic heterocycles. The van der Waals surface area contributed by atoms with Crippen LogP contribution in [-0.2, 0) is 0 Å². The second-order valence-corrected chi connectivity index (χ2v) is 7.09. The van der Waals surface area contributed by atoms with E-state index in [4.69, 9.17) is 5.10 Å². The molecule has 2 nitrogen and oxygen atoms in total. The Balaban J connectivity index is 1.60. The van der Waals surface area contributed by atoms with Gasteiger partial charge in [-0.15, -0.1) is 0 Å². The summed E-state index contributed by atoms with van der Waals surface area (Å²) in [5.74, 6) is 0.498. The van der Waals surface area contributed by atoms with Crippen molar-refractivity contribution in [1.29, 1.82) is 0 Å². The van der Waals surface area contributed by atoms with Gasteiger partial charge in [-0.2, -0.15) is 5.10 Å². The number of hydrogen-bond donors (Lipinski definition) is 1. The highest BCUT2D eigenvalue weighted by Crippen LogP contribution is 2.39. The normalized spacial score (nSPS) is 24.4. The molecular formula is C22H24N2. The number of fused-ring (bicyclic) bond motifs is 1. The Hall–Kier alpha value is -2.35.